The molecule has 0 nitrogen and oxygen atoms in total. The van der Waals surface area contributed by atoms with Gasteiger partial charge in [-0.1, -0.05) is 0 Å². The van der Waals surface area contributed by atoms with E-state index in [1.54, 1.807) is 0 Å². The topological polar surface area (TPSA) is 0 Å². The fourth-order valence-corrected chi connectivity index (χ4v) is 0. The number of hydrogen-bond acceptors (Lipinski definition) is 0. The van der Waals surface area contributed by atoms with Gasteiger partial charge >= 0.3 is 40.5 Å². The second kappa shape index (κ2) is 9.08. The zero-order valence-corrected chi connectivity index (χ0v) is 11.7. The molecular weight excluding hydrogens is 242 g/mol. The summed E-state index contributed by atoms with van der Waals surface area (Å²) >= 11 is 1.37. The molecule has 0 saturated carbocycles. The third-order valence-electron chi connectivity index (χ3n) is 0. The molecule has 1 atom stereocenters. The average molecular weight is 251 g/mol. The second-order valence-corrected chi connectivity index (χ2v) is 42.7. The van der Waals surface area contributed by atoms with E-state index in [-0.39, 0.29) is 36.6 Å². The van der Waals surface area contributed by atoms with Crippen molar-refractivity contribution in [3.63, 3.8) is 0 Å². The third-order valence-corrected chi connectivity index (χ3v) is 0. The van der Waals surface area contributed by atoms with Gasteiger partial charge in [0, 0.05) is 0 Å². The van der Waals surface area contributed by atoms with Crippen molar-refractivity contribution in [1.29, 1.82) is 0 Å². The van der Waals surface area contributed by atoms with Crippen molar-refractivity contribution < 1.29 is 0 Å². The van der Waals surface area contributed by atoms with E-state index >= 15 is 0 Å². The van der Waals surface area contributed by atoms with Crippen LogP contribution in [0.3, 0.4) is 0 Å². The average Bonchev–Trinajstić information content (AvgIpc) is 0.918. The van der Waals surface area contributed by atoms with Crippen LogP contribution in [0, 0.1) is 0 Å². The van der Waals surface area contributed by atoms with E-state index in [0.29, 0.717) is 0 Å². The van der Waals surface area contributed by atoms with Crippen molar-refractivity contribution in [3.05, 3.63) is 0 Å². The van der Waals surface area contributed by atoms with Crippen LogP contribution in [0.2, 0.25) is 0 Å². The molecule has 1 unspecified atom stereocenters. The Bertz CT molecular complexity index is 8.00. The van der Waals surface area contributed by atoms with E-state index < -0.39 is 0 Å². The molecule has 4 heteroatoms. The first-order valence-corrected chi connectivity index (χ1v) is 32.9. The van der Waals surface area contributed by atoms with Crippen LogP contribution in [0.15, 0.2) is 0 Å². The van der Waals surface area contributed by atoms with Crippen LogP contribution in [-0.2, 0) is 0 Å². The summed E-state index contributed by atoms with van der Waals surface area (Å²) in [5, 5.41) is 0. The summed E-state index contributed by atoms with van der Waals surface area (Å²) in [4.78, 5) is 0. The molecule has 0 saturated heterocycles. The van der Waals surface area contributed by atoms with Gasteiger partial charge in [-0.15, -0.1) is 0 Å². The molecule has 0 aliphatic rings. The van der Waals surface area contributed by atoms with Gasteiger partial charge in [0.2, 0.25) is 0 Å². The molecule has 4 heavy (non-hydrogen) atoms. The van der Waals surface area contributed by atoms with Crippen molar-refractivity contribution in [2.75, 3.05) is 0 Å². The predicted molar refractivity (Wildman–Crippen MR) is 35.3 cm³/mol. The van der Waals surface area contributed by atoms with Crippen LogP contribution in [0.1, 0.15) is 0 Å². The van der Waals surface area contributed by atoms with E-state index in [1.807, 2.05) is 0 Å². The van der Waals surface area contributed by atoms with E-state index in [0.717, 1.165) is 0 Å². The van der Waals surface area contributed by atoms with E-state index in [9.17, 15) is 0 Å². The van der Waals surface area contributed by atoms with Crippen molar-refractivity contribution in [2.24, 2.45) is 0 Å². The normalized spacial score (nSPS) is 3.25. The van der Waals surface area contributed by atoms with E-state index in [1.165, 1.54) is 14.6 Å². The van der Waals surface area contributed by atoms with Crippen molar-refractivity contribution >= 4 is 57.8 Å². The maximum atomic E-state index is 2.87. The Labute approximate surface area is 57.0 Å². The van der Waals surface area contributed by atoms with Gasteiger partial charge in [-0.2, -0.15) is 0 Å². The van der Waals surface area contributed by atoms with Gasteiger partial charge in [-0.25, -0.2) is 0 Å². The SMILES string of the molecule is [AlH3].[PH2][InH][GaH2]. The first-order chi connectivity index (χ1) is 1.41. The standard InChI is InChI=1S/Al.Ga.In.H2P.6H/h;;;1H2;;;;;;/q;;+1;-1;;;;;;. The zero-order valence-electron chi connectivity index (χ0n) is 2.28. The molecule has 0 bridgehead atoms. The van der Waals surface area contributed by atoms with Crippen LogP contribution < -0.4 is 0 Å². The van der Waals surface area contributed by atoms with Crippen molar-refractivity contribution in [1.82, 2.24) is 0 Å². The Hall–Kier alpha value is 2.47. The molecule has 0 aromatic carbocycles. The molecule has 0 aromatic rings. The summed E-state index contributed by atoms with van der Waals surface area (Å²) in [6, 6.07) is 0. The van der Waals surface area contributed by atoms with Crippen LogP contribution in [0.4, 0.5) is 0 Å². The van der Waals surface area contributed by atoms with Gasteiger partial charge in [0.05, 0.1) is 0 Å². The molecule has 0 heterocycles. The molecule has 0 fully saturated rings. The molecule has 22 valence electrons. The summed E-state index contributed by atoms with van der Waals surface area (Å²) < 4.78 is 0. The summed E-state index contributed by atoms with van der Waals surface area (Å²) in [7, 11) is 0. The summed E-state index contributed by atoms with van der Waals surface area (Å²) in [6.07, 6.45) is 0. The Kier molecular flexibility index (Phi) is 22.0. The Morgan fingerprint density at radius 2 is 1.75 bits per heavy atom. The Morgan fingerprint density at radius 3 is 1.75 bits per heavy atom. The van der Waals surface area contributed by atoms with Crippen molar-refractivity contribution in [3.8, 4) is 0 Å². The molecule has 0 radical (unpaired) electrons. The van der Waals surface area contributed by atoms with E-state index in [4.69, 9.17) is 0 Å². The van der Waals surface area contributed by atoms with Crippen LogP contribution in [0.25, 0.3) is 0 Å². The Balaban J connectivity index is 0. The Morgan fingerprint density at radius 1 is 1.75 bits per heavy atom. The summed E-state index contributed by atoms with van der Waals surface area (Å²) in [5.41, 5.74) is 0. The predicted octanol–water partition coefficient (Wildman–Crippen LogP) is -2.42. The molecule has 0 amide bonds. The molecule has 0 aliphatic heterocycles. The molecule has 0 rings (SSSR count). The number of rotatable bonds is 0. The molecule has 0 aromatic heterocycles. The number of hydrogen-bond donors (Lipinski definition) is 0. The van der Waals surface area contributed by atoms with Gasteiger partial charge in [0.1, 0.15) is 0 Å². The molecule has 0 N–H and O–H groups in total. The zero-order chi connectivity index (χ0) is 2.71. The summed E-state index contributed by atoms with van der Waals surface area (Å²) in [6.45, 7) is 2.87. The fourth-order valence-electron chi connectivity index (χ4n) is 0. The van der Waals surface area contributed by atoms with Crippen molar-refractivity contribution in [2.45, 2.75) is 0 Å². The van der Waals surface area contributed by atoms with Crippen LogP contribution >= 0.6 is 6.59 Å². The minimum absolute atomic E-state index is 0. The quantitative estimate of drug-likeness (QED) is 0.332. The van der Waals surface area contributed by atoms with Gasteiger partial charge in [-0.05, 0) is 0 Å². The monoisotopic (exact) mass is 250 g/mol. The summed E-state index contributed by atoms with van der Waals surface area (Å²) in [5.74, 6) is 0. The first kappa shape index (κ1) is 9.69. The molecule has 0 spiro atoms. The van der Waals surface area contributed by atoms with Gasteiger partial charge in [0.25, 0.3) is 0 Å². The molecule has 0 aliphatic carbocycles. The third kappa shape index (κ3) is 8.82. The van der Waals surface area contributed by atoms with Crippen LogP contribution in [-0.4, -0.2) is 51.3 Å². The van der Waals surface area contributed by atoms with Crippen LogP contribution in [0.5, 0.6) is 0 Å². The first-order valence-electron chi connectivity index (χ1n) is 1.12. The minimum atomic E-state index is 0. The van der Waals surface area contributed by atoms with Gasteiger partial charge in [-0.3, -0.25) is 0 Å². The van der Waals surface area contributed by atoms with Gasteiger partial charge in [0.15, 0.2) is 17.4 Å². The maximum absolute atomic E-state index is 2.87. The van der Waals surface area contributed by atoms with Gasteiger partial charge < -0.3 is 0 Å². The fraction of sp³-hybridized carbons (Fsp3) is 0. The van der Waals surface area contributed by atoms with E-state index in [2.05, 4.69) is 6.59 Å². The second-order valence-electron chi connectivity index (χ2n) is 0.408. The molecular formula is H8AlGaInP.